The Morgan fingerprint density at radius 3 is 1.95 bits per heavy atom. The van der Waals surface area contributed by atoms with Crippen LogP contribution in [-0.4, -0.2) is 19.1 Å². The first kappa shape index (κ1) is 18.5. The van der Waals surface area contributed by atoms with Crippen LogP contribution in [0.5, 0.6) is 0 Å². The molecular weight excluding hydrogens is 288 g/mol. The Kier molecular flexibility index (Phi) is 6.02. The molecule has 1 aromatic carbocycles. The van der Waals surface area contributed by atoms with Crippen molar-refractivity contribution in [2.75, 3.05) is 0 Å². The Bertz CT molecular complexity index is 582. The molecule has 1 rings (SSSR count). The lowest BCUT2D eigenvalue weighted by atomic mass is 10.1. The molecular formula is C19H28O2Si. The van der Waals surface area contributed by atoms with Crippen LogP contribution < -0.4 is 0 Å². The van der Waals surface area contributed by atoms with Crippen molar-refractivity contribution < 1.29 is 9.90 Å². The number of hydrogen-bond acceptors (Lipinski definition) is 1. The van der Waals surface area contributed by atoms with Crippen LogP contribution >= 0.6 is 0 Å². The molecule has 1 aromatic rings. The molecule has 3 heteroatoms. The predicted octanol–water partition coefficient (Wildman–Crippen LogP) is 5.26. The molecule has 0 atom stereocenters. The van der Waals surface area contributed by atoms with Gasteiger partial charge in [0.25, 0.3) is 0 Å². The molecule has 2 nitrogen and oxygen atoms in total. The van der Waals surface area contributed by atoms with Gasteiger partial charge in [0.2, 0.25) is 0 Å². The summed E-state index contributed by atoms with van der Waals surface area (Å²) in [6.07, 6.45) is 0. The molecule has 0 aliphatic carbocycles. The number of carbonyl (C=O) groups is 1. The van der Waals surface area contributed by atoms with Gasteiger partial charge in [-0.25, -0.2) is 4.79 Å². The predicted molar refractivity (Wildman–Crippen MR) is 96.1 cm³/mol. The minimum Gasteiger partial charge on any atom is -0.478 e. The average molecular weight is 317 g/mol. The molecule has 120 valence electrons. The van der Waals surface area contributed by atoms with Crippen LogP contribution in [0.3, 0.4) is 0 Å². The Morgan fingerprint density at radius 2 is 1.55 bits per heavy atom. The second-order valence-corrected chi connectivity index (χ2v) is 12.6. The fraction of sp³-hybridized carbons (Fsp3) is 0.526. The van der Waals surface area contributed by atoms with E-state index in [1.54, 1.807) is 6.07 Å². The Hall–Kier alpha value is -1.53. The third-order valence-electron chi connectivity index (χ3n) is 4.69. The van der Waals surface area contributed by atoms with Gasteiger partial charge in [0.1, 0.15) is 8.07 Å². The molecule has 0 unspecified atom stereocenters. The summed E-state index contributed by atoms with van der Waals surface area (Å²) in [5.41, 5.74) is 7.10. The molecule has 0 heterocycles. The largest absolute Gasteiger partial charge is 0.478 e. The number of aromatic carboxylic acids is 1. The summed E-state index contributed by atoms with van der Waals surface area (Å²) in [5, 5.41) is 9.39. The number of carboxylic acid groups (broad SMARTS) is 1. The van der Waals surface area contributed by atoms with Crippen molar-refractivity contribution in [3.05, 3.63) is 34.9 Å². The standard InChI is InChI=1S/C19H28O2Si/c1-13(2)22(14(3)4,15(5)6)11-10-17-9-8-16(7)12-18(17)19(20)21/h8-9,12-15H,1-7H3,(H,20,21). The van der Waals surface area contributed by atoms with E-state index in [0.717, 1.165) is 5.56 Å². The van der Waals surface area contributed by atoms with E-state index in [1.807, 2.05) is 19.1 Å². The van der Waals surface area contributed by atoms with Gasteiger partial charge >= 0.3 is 5.97 Å². The summed E-state index contributed by atoms with van der Waals surface area (Å²) >= 11 is 0. The van der Waals surface area contributed by atoms with Gasteiger partial charge in [-0.3, -0.25) is 0 Å². The lowest BCUT2D eigenvalue weighted by Gasteiger charge is -2.38. The highest BCUT2D eigenvalue weighted by Crippen LogP contribution is 2.40. The first-order valence-corrected chi connectivity index (χ1v) is 10.2. The highest BCUT2D eigenvalue weighted by molar-refractivity contribution is 6.90. The molecule has 0 aromatic heterocycles. The van der Waals surface area contributed by atoms with Gasteiger partial charge in [-0.2, -0.15) is 0 Å². The second kappa shape index (κ2) is 7.15. The fourth-order valence-corrected chi connectivity index (χ4v) is 8.77. The van der Waals surface area contributed by atoms with E-state index in [-0.39, 0.29) is 0 Å². The van der Waals surface area contributed by atoms with Gasteiger partial charge < -0.3 is 5.11 Å². The van der Waals surface area contributed by atoms with Crippen LogP contribution in [0, 0.1) is 18.4 Å². The van der Waals surface area contributed by atoms with Gasteiger partial charge in [0, 0.05) is 5.56 Å². The maximum atomic E-state index is 11.4. The Labute approximate surface area is 136 Å². The third-order valence-corrected chi connectivity index (χ3v) is 11.0. The molecule has 0 spiro atoms. The maximum Gasteiger partial charge on any atom is 0.336 e. The minimum absolute atomic E-state index is 0.312. The van der Waals surface area contributed by atoms with Crippen LogP contribution in [0.4, 0.5) is 0 Å². The summed E-state index contributed by atoms with van der Waals surface area (Å²) in [7, 11) is -1.84. The van der Waals surface area contributed by atoms with Gasteiger partial charge in [0.15, 0.2) is 0 Å². The minimum atomic E-state index is -1.84. The van der Waals surface area contributed by atoms with Crippen molar-refractivity contribution in [2.45, 2.75) is 65.1 Å². The summed E-state index contributed by atoms with van der Waals surface area (Å²) < 4.78 is 0. The summed E-state index contributed by atoms with van der Waals surface area (Å²) in [6, 6.07) is 5.47. The normalized spacial score (nSPS) is 11.7. The van der Waals surface area contributed by atoms with Crippen LogP contribution in [0.1, 0.15) is 63.0 Å². The lowest BCUT2D eigenvalue weighted by Crippen LogP contribution is -2.43. The summed E-state index contributed by atoms with van der Waals surface area (Å²) in [5.74, 6) is 2.33. The molecule has 0 radical (unpaired) electrons. The van der Waals surface area contributed by atoms with Gasteiger partial charge in [0.05, 0.1) is 5.56 Å². The number of carboxylic acids is 1. The monoisotopic (exact) mass is 316 g/mol. The van der Waals surface area contributed by atoms with Gasteiger partial charge in [-0.05, 0) is 35.7 Å². The zero-order chi connectivity index (χ0) is 17.1. The van der Waals surface area contributed by atoms with Crippen molar-refractivity contribution in [1.82, 2.24) is 0 Å². The third kappa shape index (κ3) is 3.62. The van der Waals surface area contributed by atoms with Crippen molar-refractivity contribution in [2.24, 2.45) is 0 Å². The van der Waals surface area contributed by atoms with Crippen molar-refractivity contribution in [1.29, 1.82) is 0 Å². The van der Waals surface area contributed by atoms with E-state index in [2.05, 4.69) is 53.0 Å². The molecule has 0 fully saturated rings. The van der Waals surface area contributed by atoms with Crippen molar-refractivity contribution in [3.63, 3.8) is 0 Å². The van der Waals surface area contributed by atoms with E-state index in [9.17, 15) is 9.90 Å². The van der Waals surface area contributed by atoms with E-state index in [1.165, 1.54) is 0 Å². The van der Waals surface area contributed by atoms with Crippen molar-refractivity contribution >= 4 is 14.0 Å². The van der Waals surface area contributed by atoms with E-state index in [4.69, 9.17) is 0 Å². The smallest absolute Gasteiger partial charge is 0.336 e. The molecule has 1 N–H and O–H groups in total. The summed E-state index contributed by atoms with van der Waals surface area (Å²) in [6.45, 7) is 15.5. The molecule has 0 saturated carbocycles. The summed E-state index contributed by atoms with van der Waals surface area (Å²) in [4.78, 5) is 11.4. The van der Waals surface area contributed by atoms with Crippen LogP contribution in [0.2, 0.25) is 16.6 Å². The average Bonchev–Trinajstić information content (AvgIpc) is 2.39. The molecule has 0 bridgehead atoms. The second-order valence-electron chi connectivity index (χ2n) is 7.00. The quantitative estimate of drug-likeness (QED) is 0.607. The first-order valence-electron chi connectivity index (χ1n) is 8.00. The lowest BCUT2D eigenvalue weighted by molar-refractivity contribution is 0.0696. The maximum absolute atomic E-state index is 11.4. The van der Waals surface area contributed by atoms with E-state index < -0.39 is 14.0 Å². The number of hydrogen-bond donors (Lipinski definition) is 1. The van der Waals surface area contributed by atoms with Crippen LogP contribution in [-0.2, 0) is 0 Å². The number of benzene rings is 1. The Morgan fingerprint density at radius 1 is 1.05 bits per heavy atom. The molecule has 0 saturated heterocycles. The van der Waals surface area contributed by atoms with Crippen LogP contribution in [0.25, 0.3) is 0 Å². The number of aryl methyl sites for hydroxylation is 1. The van der Waals surface area contributed by atoms with E-state index in [0.29, 0.717) is 27.8 Å². The Balaban J connectivity index is 3.45. The fourth-order valence-electron chi connectivity index (χ4n) is 3.55. The van der Waals surface area contributed by atoms with Crippen molar-refractivity contribution in [3.8, 4) is 11.5 Å². The molecule has 0 aliphatic rings. The van der Waals surface area contributed by atoms with Gasteiger partial charge in [-0.1, -0.05) is 59.1 Å². The zero-order valence-electron chi connectivity index (χ0n) is 14.8. The highest BCUT2D eigenvalue weighted by atomic mass is 28.3. The topological polar surface area (TPSA) is 37.3 Å². The van der Waals surface area contributed by atoms with Gasteiger partial charge in [-0.15, -0.1) is 5.54 Å². The molecule has 0 aliphatic heterocycles. The molecule has 0 amide bonds. The first-order chi connectivity index (χ1) is 10.1. The van der Waals surface area contributed by atoms with E-state index >= 15 is 0 Å². The molecule has 22 heavy (non-hydrogen) atoms. The van der Waals surface area contributed by atoms with Crippen LogP contribution in [0.15, 0.2) is 18.2 Å². The number of rotatable bonds is 4. The highest BCUT2D eigenvalue weighted by Gasteiger charge is 2.41. The SMILES string of the molecule is Cc1ccc(C#C[Si](C(C)C)(C(C)C)C(C)C)c(C(=O)O)c1. The zero-order valence-corrected chi connectivity index (χ0v) is 15.8.